The highest BCUT2D eigenvalue weighted by atomic mass is 16.5. The number of hydrogen-bond acceptors (Lipinski definition) is 3. The van der Waals surface area contributed by atoms with Gasteiger partial charge >= 0.3 is 0 Å². The van der Waals surface area contributed by atoms with E-state index in [2.05, 4.69) is 21.9 Å². The minimum absolute atomic E-state index is 0.148. The molecule has 0 spiro atoms. The molecule has 1 aliphatic heterocycles. The van der Waals surface area contributed by atoms with E-state index in [1.165, 1.54) is 5.56 Å². The van der Waals surface area contributed by atoms with E-state index in [-0.39, 0.29) is 6.17 Å². The number of nitrogens with one attached hydrogen (secondary N) is 2. The molecule has 1 unspecified atom stereocenters. The molecule has 0 saturated carbocycles. The summed E-state index contributed by atoms with van der Waals surface area (Å²) in [5.41, 5.74) is 4.58. The van der Waals surface area contributed by atoms with Gasteiger partial charge in [0.1, 0.15) is 12.0 Å². The summed E-state index contributed by atoms with van der Waals surface area (Å²) in [6.07, 6.45) is 0.611. The summed E-state index contributed by atoms with van der Waals surface area (Å²) in [7, 11) is 0. The van der Waals surface area contributed by atoms with E-state index < -0.39 is 0 Å². The Balaban J connectivity index is 2.38. The summed E-state index contributed by atoms with van der Waals surface area (Å²) in [5.74, 6) is 0.853. The monoisotopic (exact) mass is 205 g/mol. The highest BCUT2D eigenvalue weighted by Gasteiger charge is 2.20. The van der Waals surface area contributed by atoms with Crippen molar-refractivity contribution in [2.24, 2.45) is 4.99 Å². The van der Waals surface area contributed by atoms with Crippen LogP contribution in [-0.2, 0) is 6.42 Å². The maximum Gasteiger partial charge on any atom is 0.129 e. The summed E-state index contributed by atoms with van der Waals surface area (Å²) >= 11 is 0. The van der Waals surface area contributed by atoms with Gasteiger partial charge in [0.05, 0.1) is 0 Å². The Labute approximate surface area is 89.0 Å². The van der Waals surface area contributed by atoms with Crippen LogP contribution in [0.3, 0.4) is 0 Å². The van der Waals surface area contributed by atoms with Crippen LogP contribution in [-0.4, -0.2) is 23.8 Å². The lowest BCUT2D eigenvalue weighted by Crippen LogP contribution is -2.49. The number of hydrogen-bond donors (Lipinski definition) is 3. The minimum atomic E-state index is -0.148. The average Bonchev–Trinajstić information content (AvgIpc) is 2.29. The molecule has 80 valence electrons. The van der Waals surface area contributed by atoms with Gasteiger partial charge in [0, 0.05) is 18.5 Å². The van der Waals surface area contributed by atoms with E-state index in [4.69, 9.17) is 5.21 Å². The van der Waals surface area contributed by atoms with Gasteiger partial charge in [-0.2, -0.15) is 5.48 Å². The van der Waals surface area contributed by atoms with Gasteiger partial charge in [-0.25, -0.2) is 0 Å². The highest BCUT2D eigenvalue weighted by Crippen LogP contribution is 2.15. The number of amidine groups is 1. The van der Waals surface area contributed by atoms with Crippen molar-refractivity contribution in [3.63, 3.8) is 0 Å². The third kappa shape index (κ3) is 2.00. The van der Waals surface area contributed by atoms with Gasteiger partial charge in [-0.1, -0.05) is 24.3 Å². The SMILES string of the molecule is CCN=C1NC(NO)Cc2ccccc21. The lowest BCUT2D eigenvalue weighted by atomic mass is 9.98. The molecule has 1 atom stereocenters. The zero-order chi connectivity index (χ0) is 10.7. The van der Waals surface area contributed by atoms with E-state index in [1.807, 2.05) is 25.1 Å². The molecule has 0 amide bonds. The molecule has 0 aromatic heterocycles. The molecule has 1 aromatic rings. The van der Waals surface area contributed by atoms with Crippen molar-refractivity contribution in [2.75, 3.05) is 6.54 Å². The molecule has 2 rings (SSSR count). The second-order valence-corrected chi connectivity index (χ2v) is 3.51. The fraction of sp³-hybridized carbons (Fsp3) is 0.364. The third-order valence-electron chi connectivity index (χ3n) is 2.48. The number of nitrogens with zero attached hydrogens (tertiary/aromatic N) is 1. The predicted molar refractivity (Wildman–Crippen MR) is 59.1 cm³/mol. The first-order chi connectivity index (χ1) is 7.35. The van der Waals surface area contributed by atoms with Crippen LogP contribution in [0.25, 0.3) is 0 Å². The van der Waals surface area contributed by atoms with Crippen molar-refractivity contribution in [3.8, 4) is 0 Å². The number of aliphatic imine (C=N–C) groups is 1. The van der Waals surface area contributed by atoms with Gasteiger partial charge in [0.15, 0.2) is 0 Å². The molecule has 0 radical (unpaired) electrons. The molecule has 4 nitrogen and oxygen atoms in total. The van der Waals surface area contributed by atoms with Crippen molar-refractivity contribution in [1.82, 2.24) is 10.8 Å². The Morgan fingerprint density at radius 2 is 2.33 bits per heavy atom. The molecule has 4 heteroatoms. The van der Waals surface area contributed by atoms with Gasteiger partial charge < -0.3 is 10.5 Å². The zero-order valence-corrected chi connectivity index (χ0v) is 8.70. The van der Waals surface area contributed by atoms with Gasteiger partial charge in [-0.05, 0) is 12.5 Å². The van der Waals surface area contributed by atoms with Crippen LogP contribution >= 0.6 is 0 Å². The van der Waals surface area contributed by atoms with E-state index in [0.29, 0.717) is 0 Å². The van der Waals surface area contributed by atoms with Crippen LogP contribution < -0.4 is 10.8 Å². The topological polar surface area (TPSA) is 56.7 Å². The summed E-state index contributed by atoms with van der Waals surface area (Å²) in [6, 6.07) is 8.11. The molecule has 3 N–H and O–H groups in total. The number of rotatable bonds is 2. The van der Waals surface area contributed by atoms with Crippen molar-refractivity contribution in [3.05, 3.63) is 35.4 Å². The van der Waals surface area contributed by atoms with Gasteiger partial charge in [-0.15, -0.1) is 0 Å². The van der Waals surface area contributed by atoms with Crippen molar-refractivity contribution >= 4 is 5.84 Å². The van der Waals surface area contributed by atoms with Crippen LogP contribution in [0, 0.1) is 0 Å². The number of fused-ring (bicyclic) bond motifs is 1. The summed E-state index contributed by atoms with van der Waals surface area (Å²) < 4.78 is 0. The van der Waals surface area contributed by atoms with Crippen LogP contribution in [0.15, 0.2) is 29.3 Å². The Kier molecular flexibility index (Phi) is 2.99. The van der Waals surface area contributed by atoms with Crippen LogP contribution in [0.2, 0.25) is 0 Å². The highest BCUT2D eigenvalue weighted by molar-refractivity contribution is 6.01. The fourth-order valence-corrected chi connectivity index (χ4v) is 1.81. The molecule has 1 aromatic carbocycles. The fourth-order valence-electron chi connectivity index (χ4n) is 1.81. The maximum atomic E-state index is 8.94. The number of hydroxylamine groups is 1. The van der Waals surface area contributed by atoms with Crippen LogP contribution in [0.4, 0.5) is 0 Å². The molecule has 0 saturated heterocycles. The molecular formula is C11H15N3O. The predicted octanol–water partition coefficient (Wildman–Crippen LogP) is 0.904. The maximum absolute atomic E-state index is 8.94. The minimum Gasteiger partial charge on any atom is -0.352 e. The standard InChI is InChI=1S/C11H15N3O/c1-2-12-11-9-6-4-3-5-8(9)7-10(13-11)14-15/h3-6,10,14-15H,2,7H2,1H3,(H,12,13). The molecular weight excluding hydrogens is 190 g/mol. The first kappa shape index (κ1) is 10.1. The van der Waals surface area contributed by atoms with E-state index in [1.54, 1.807) is 0 Å². The smallest absolute Gasteiger partial charge is 0.129 e. The van der Waals surface area contributed by atoms with E-state index in [9.17, 15) is 0 Å². The van der Waals surface area contributed by atoms with Crippen LogP contribution in [0.1, 0.15) is 18.1 Å². The summed E-state index contributed by atoms with van der Waals surface area (Å²) in [4.78, 5) is 4.38. The molecule has 15 heavy (non-hydrogen) atoms. The molecule has 1 heterocycles. The lowest BCUT2D eigenvalue weighted by Gasteiger charge is -2.27. The first-order valence-electron chi connectivity index (χ1n) is 5.14. The van der Waals surface area contributed by atoms with Gasteiger partial charge in [-0.3, -0.25) is 4.99 Å². The van der Waals surface area contributed by atoms with Crippen molar-refractivity contribution in [1.29, 1.82) is 0 Å². The van der Waals surface area contributed by atoms with Gasteiger partial charge in [0.25, 0.3) is 0 Å². The normalized spacial score (nSPS) is 22.3. The second-order valence-electron chi connectivity index (χ2n) is 3.51. The zero-order valence-electron chi connectivity index (χ0n) is 8.70. The van der Waals surface area contributed by atoms with Crippen molar-refractivity contribution < 1.29 is 5.21 Å². The summed E-state index contributed by atoms with van der Waals surface area (Å²) in [5, 5.41) is 12.1. The van der Waals surface area contributed by atoms with Crippen LogP contribution in [0.5, 0.6) is 0 Å². The lowest BCUT2D eigenvalue weighted by molar-refractivity contribution is 0.118. The second kappa shape index (κ2) is 4.42. The average molecular weight is 205 g/mol. The molecule has 1 aliphatic rings. The van der Waals surface area contributed by atoms with E-state index in [0.717, 1.165) is 24.4 Å². The first-order valence-corrected chi connectivity index (χ1v) is 5.14. The Morgan fingerprint density at radius 3 is 3.07 bits per heavy atom. The quantitative estimate of drug-likeness (QED) is 0.629. The van der Waals surface area contributed by atoms with E-state index >= 15 is 0 Å². The molecule has 0 aliphatic carbocycles. The van der Waals surface area contributed by atoms with Crippen molar-refractivity contribution in [2.45, 2.75) is 19.5 Å². The molecule has 0 fully saturated rings. The number of benzene rings is 1. The molecule has 0 bridgehead atoms. The Morgan fingerprint density at radius 1 is 1.53 bits per heavy atom. The summed E-state index contributed by atoms with van der Waals surface area (Å²) in [6.45, 7) is 2.72. The Hall–Kier alpha value is -1.39. The largest absolute Gasteiger partial charge is 0.352 e. The van der Waals surface area contributed by atoms with Gasteiger partial charge in [0.2, 0.25) is 0 Å². The third-order valence-corrected chi connectivity index (χ3v) is 2.48. The Bertz CT molecular complexity index is 376.